The summed E-state index contributed by atoms with van der Waals surface area (Å²) in [5, 5.41) is 21.3. The monoisotopic (exact) mass is 434 g/mol. The zero-order valence-corrected chi connectivity index (χ0v) is 18.4. The van der Waals surface area contributed by atoms with Crippen molar-refractivity contribution in [2.75, 3.05) is 6.61 Å². The van der Waals surface area contributed by atoms with Crippen molar-refractivity contribution < 1.29 is 33.7 Å². The molecule has 6 nitrogen and oxygen atoms in total. The normalized spacial score (nSPS) is 52.1. The van der Waals surface area contributed by atoms with Crippen molar-refractivity contribution in [2.24, 2.45) is 28.6 Å². The standard InChI is InChI=1S/C24H31FO6/c1-21(2)30-19-9-14-13-8-16(25)15-7-12(27)5-6-22(15,3)20(13)17(28)10-23(14,4)24(19,31-21)18(29)11-26/h5-7,13-14,16-17,19-20,26,28H,8-11H2,1-4H3/t13-,14-,16+,17+,19+,20+,22+,23+,24+/m1/s1. The zero-order chi connectivity index (χ0) is 22.6. The first-order valence-electron chi connectivity index (χ1n) is 11.2. The molecule has 0 aromatic carbocycles. The summed E-state index contributed by atoms with van der Waals surface area (Å²) in [6.45, 7) is 6.65. The third-order valence-corrected chi connectivity index (χ3v) is 9.03. The number of fused-ring (bicyclic) bond motifs is 7. The molecule has 0 bridgehead atoms. The molecule has 0 aromatic rings. The molecule has 0 aromatic heterocycles. The maximum absolute atomic E-state index is 15.4. The Kier molecular flexibility index (Phi) is 4.38. The minimum absolute atomic E-state index is 0.125. The molecule has 1 aliphatic heterocycles. The zero-order valence-electron chi connectivity index (χ0n) is 18.4. The molecule has 31 heavy (non-hydrogen) atoms. The van der Waals surface area contributed by atoms with E-state index in [1.807, 2.05) is 13.8 Å². The lowest BCUT2D eigenvalue weighted by Gasteiger charge is -2.60. The first kappa shape index (κ1) is 21.4. The highest BCUT2D eigenvalue weighted by atomic mass is 19.1. The van der Waals surface area contributed by atoms with Crippen molar-refractivity contribution in [1.82, 2.24) is 0 Å². The number of ketones is 2. The van der Waals surface area contributed by atoms with Gasteiger partial charge >= 0.3 is 0 Å². The molecule has 0 radical (unpaired) electrons. The number of aliphatic hydroxyl groups is 2. The van der Waals surface area contributed by atoms with Crippen LogP contribution in [0.25, 0.3) is 0 Å². The lowest BCUT2D eigenvalue weighted by atomic mass is 9.46. The molecule has 1 saturated heterocycles. The molecule has 0 unspecified atom stereocenters. The Hall–Kier alpha value is -1.41. The highest BCUT2D eigenvalue weighted by molar-refractivity contribution is 6.01. The van der Waals surface area contributed by atoms with Gasteiger partial charge in [0.25, 0.3) is 0 Å². The third kappa shape index (κ3) is 2.52. The molecule has 3 saturated carbocycles. The fourth-order valence-electron chi connectivity index (χ4n) is 8.05. The van der Waals surface area contributed by atoms with Crippen LogP contribution >= 0.6 is 0 Å². The number of carbonyl (C=O) groups is 2. The van der Waals surface area contributed by atoms with E-state index in [-0.39, 0.29) is 36.4 Å². The summed E-state index contributed by atoms with van der Waals surface area (Å²) in [6, 6.07) is 0. The van der Waals surface area contributed by atoms with Crippen molar-refractivity contribution in [2.45, 2.75) is 76.7 Å². The molecule has 4 aliphatic carbocycles. The number of halogens is 1. The van der Waals surface area contributed by atoms with Crippen LogP contribution in [0.1, 0.15) is 47.0 Å². The van der Waals surface area contributed by atoms with E-state index in [0.29, 0.717) is 12.0 Å². The van der Waals surface area contributed by atoms with Crippen LogP contribution in [0.5, 0.6) is 0 Å². The maximum atomic E-state index is 15.4. The lowest BCUT2D eigenvalue weighted by Crippen LogP contribution is -2.64. The number of allylic oxidation sites excluding steroid dienone is 4. The van der Waals surface area contributed by atoms with Crippen molar-refractivity contribution in [3.63, 3.8) is 0 Å². The fraction of sp³-hybridized carbons (Fsp3) is 0.750. The summed E-state index contributed by atoms with van der Waals surface area (Å²) >= 11 is 0. The van der Waals surface area contributed by atoms with Crippen molar-refractivity contribution in [1.29, 1.82) is 0 Å². The van der Waals surface area contributed by atoms with Crippen LogP contribution in [0.15, 0.2) is 23.8 Å². The molecule has 2 N–H and O–H groups in total. The van der Waals surface area contributed by atoms with E-state index in [2.05, 4.69) is 0 Å². The summed E-state index contributed by atoms with van der Waals surface area (Å²) in [7, 11) is 0. The van der Waals surface area contributed by atoms with Gasteiger partial charge in [0.1, 0.15) is 12.8 Å². The van der Waals surface area contributed by atoms with Gasteiger partial charge in [0.05, 0.1) is 12.2 Å². The maximum Gasteiger partial charge on any atom is 0.193 e. The van der Waals surface area contributed by atoms with Gasteiger partial charge in [-0.2, -0.15) is 0 Å². The predicted octanol–water partition coefficient (Wildman–Crippen LogP) is 2.27. The summed E-state index contributed by atoms with van der Waals surface area (Å²) in [6.07, 6.45) is 2.90. The predicted molar refractivity (Wildman–Crippen MR) is 109 cm³/mol. The molecule has 9 atom stereocenters. The van der Waals surface area contributed by atoms with Gasteiger partial charge in [0, 0.05) is 16.7 Å². The average Bonchev–Trinajstić information content (AvgIpc) is 3.08. The summed E-state index contributed by atoms with van der Waals surface area (Å²) < 4.78 is 27.9. The van der Waals surface area contributed by atoms with Crippen LogP contribution in [0.4, 0.5) is 4.39 Å². The van der Waals surface area contributed by atoms with Crippen LogP contribution in [0.3, 0.4) is 0 Å². The van der Waals surface area contributed by atoms with Crippen molar-refractivity contribution in [3.05, 3.63) is 23.8 Å². The van der Waals surface area contributed by atoms with Crippen molar-refractivity contribution >= 4 is 11.6 Å². The van der Waals surface area contributed by atoms with E-state index in [0.717, 1.165) is 0 Å². The topological polar surface area (TPSA) is 93.1 Å². The number of hydrogen-bond donors (Lipinski definition) is 2. The van der Waals surface area contributed by atoms with Crippen LogP contribution < -0.4 is 0 Å². The van der Waals surface area contributed by atoms with Gasteiger partial charge in [-0.05, 0) is 62.7 Å². The number of aliphatic hydroxyl groups excluding tert-OH is 2. The molecule has 5 rings (SSSR count). The number of Topliss-reactive ketones (excluding diaryl/α,β-unsaturated/α-hetero) is 1. The van der Waals surface area contributed by atoms with Gasteiger partial charge in [-0.25, -0.2) is 4.39 Å². The summed E-state index contributed by atoms with van der Waals surface area (Å²) in [5.74, 6) is -2.28. The summed E-state index contributed by atoms with van der Waals surface area (Å²) in [5.41, 5.74) is -2.50. The van der Waals surface area contributed by atoms with Crippen LogP contribution in [0.2, 0.25) is 0 Å². The number of hydrogen-bond acceptors (Lipinski definition) is 6. The molecule has 5 aliphatic rings. The van der Waals surface area contributed by atoms with Gasteiger partial charge in [-0.3, -0.25) is 9.59 Å². The van der Waals surface area contributed by atoms with Gasteiger partial charge in [0.2, 0.25) is 0 Å². The third-order valence-electron chi connectivity index (χ3n) is 9.03. The first-order valence-corrected chi connectivity index (χ1v) is 11.2. The lowest BCUT2D eigenvalue weighted by molar-refractivity contribution is -0.226. The second-order valence-electron chi connectivity index (χ2n) is 11.0. The van der Waals surface area contributed by atoms with Crippen LogP contribution in [0, 0.1) is 28.6 Å². The van der Waals surface area contributed by atoms with Crippen LogP contribution in [-0.4, -0.2) is 58.2 Å². The Balaban J connectivity index is 1.62. The van der Waals surface area contributed by atoms with E-state index < -0.39 is 53.0 Å². The molecule has 7 heteroatoms. The molecule has 0 spiro atoms. The number of rotatable bonds is 2. The first-order chi connectivity index (χ1) is 14.4. The minimum Gasteiger partial charge on any atom is -0.393 e. The summed E-state index contributed by atoms with van der Waals surface area (Å²) in [4.78, 5) is 25.1. The number of carbonyl (C=O) groups excluding carboxylic acids is 2. The van der Waals surface area contributed by atoms with E-state index in [9.17, 15) is 19.8 Å². The van der Waals surface area contributed by atoms with Gasteiger partial charge < -0.3 is 19.7 Å². The largest absolute Gasteiger partial charge is 0.393 e. The van der Waals surface area contributed by atoms with Gasteiger partial charge in [-0.15, -0.1) is 0 Å². The minimum atomic E-state index is -1.37. The van der Waals surface area contributed by atoms with Gasteiger partial charge in [-0.1, -0.05) is 19.9 Å². The Morgan fingerprint density at radius 1 is 1.26 bits per heavy atom. The van der Waals surface area contributed by atoms with E-state index in [1.54, 1.807) is 19.9 Å². The molecule has 1 heterocycles. The van der Waals surface area contributed by atoms with Crippen LogP contribution in [-0.2, 0) is 19.1 Å². The second-order valence-corrected chi connectivity index (χ2v) is 11.0. The second kappa shape index (κ2) is 6.34. The number of alkyl halides is 1. The highest BCUT2D eigenvalue weighted by Crippen LogP contribution is 2.70. The molecule has 170 valence electrons. The molecular formula is C24H31FO6. The Morgan fingerprint density at radius 2 is 1.97 bits per heavy atom. The molecule has 0 amide bonds. The van der Waals surface area contributed by atoms with E-state index in [1.165, 1.54) is 12.2 Å². The Bertz CT molecular complexity index is 910. The van der Waals surface area contributed by atoms with E-state index in [4.69, 9.17) is 9.47 Å². The molecule has 4 fully saturated rings. The SMILES string of the molecule is CC1(C)O[C@H]2C[C@@H]3[C@H]4C[C@H](F)C5=CC(=O)C=C[C@]5(C)[C@@H]4[C@@H](O)C[C@]3(C)[C@@]2(C(=O)CO)O1. The average molecular weight is 435 g/mol. The van der Waals surface area contributed by atoms with E-state index >= 15 is 4.39 Å². The Morgan fingerprint density at radius 3 is 2.65 bits per heavy atom. The smallest absolute Gasteiger partial charge is 0.193 e. The van der Waals surface area contributed by atoms with Gasteiger partial charge in [0.15, 0.2) is 23.0 Å². The number of ether oxygens (including phenoxy) is 2. The fourth-order valence-corrected chi connectivity index (χ4v) is 8.05. The highest BCUT2D eigenvalue weighted by Gasteiger charge is 2.77. The molecular weight excluding hydrogens is 403 g/mol. The van der Waals surface area contributed by atoms with Crippen molar-refractivity contribution in [3.8, 4) is 0 Å². The Labute approximate surface area is 181 Å². The quantitative estimate of drug-likeness (QED) is 0.693.